The number of alkyl halides is 6. The van der Waals surface area contributed by atoms with Gasteiger partial charge in [-0.3, -0.25) is 0 Å². The molecule has 13 heteroatoms. The van der Waals surface area contributed by atoms with Crippen molar-refractivity contribution in [1.82, 2.24) is 4.31 Å². The molecule has 1 aliphatic heterocycles. The summed E-state index contributed by atoms with van der Waals surface area (Å²) in [6.07, 6.45) is -10.3. The van der Waals surface area contributed by atoms with Crippen molar-refractivity contribution < 1.29 is 34.8 Å². The van der Waals surface area contributed by atoms with Gasteiger partial charge in [-0.05, 0) is 36.4 Å². The predicted molar refractivity (Wildman–Crippen MR) is 104 cm³/mol. The zero-order valence-electron chi connectivity index (χ0n) is 15.4. The predicted octanol–water partition coefficient (Wildman–Crippen LogP) is 5.54. The molecule has 1 fully saturated rings. The van der Waals surface area contributed by atoms with Gasteiger partial charge in [0.2, 0.25) is 10.0 Å². The lowest BCUT2D eigenvalue weighted by Crippen LogP contribution is -2.48. The number of benzene rings is 2. The molecule has 3 rings (SSSR count). The van der Waals surface area contributed by atoms with Crippen molar-refractivity contribution in [3.05, 3.63) is 57.6 Å². The van der Waals surface area contributed by atoms with Crippen molar-refractivity contribution in [3.8, 4) is 0 Å². The van der Waals surface area contributed by atoms with Crippen LogP contribution in [0.5, 0.6) is 0 Å². The third-order valence-corrected chi connectivity index (χ3v) is 7.32. The number of rotatable bonds is 3. The Hall–Kier alpha value is -1.69. The van der Waals surface area contributed by atoms with Crippen LogP contribution in [0.4, 0.5) is 32.0 Å². The summed E-state index contributed by atoms with van der Waals surface area (Å²) in [4.78, 5) is 0.722. The second kappa shape index (κ2) is 8.34. The molecule has 31 heavy (non-hydrogen) atoms. The average molecular weight is 507 g/mol. The maximum absolute atomic E-state index is 13.1. The Kier molecular flexibility index (Phi) is 6.45. The van der Waals surface area contributed by atoms with Gasteiger partial charge in [-0.1, -0.05) is 23.2 Å². The standard InChI is InChI=1S/C18H14Cl2F6N2O2S/c19-15-2-1-13(10-16(15)20)27-3-5-28(6-4-27)31(29,30)14-8-11(17(21,22)23)7-12(9-14)18(24,25)26/h1-2,7-10H,3-6H2. The van der Waals surface area contributed by atoms with Gasteiger partial charge in [0, 0.05) is 31.9 Å². The summed E-state index contributed by atoms with van der Waals surface area (Å²) < 4.78 is 105. The molecular weight excluding hydrogens is 493 g/mol. The minimum absolute atomic E-state index is 0.110. The highest BCUT2D eigenvalue weighted by molar-refractivity contribution is 7.89. The maximum Gasteiger partial charge on any atom is 0.416 e. The van der Waals surface area contributed by atoms with Gasteiger partial charge in [-0.25, -0.2) is 8.42 Å². The van der Waals surface area contributed by atoms with Gasteiger partial charge in [-0.15, -0.1) is 0 Å². The Morgan fingerprint density at radius 1 is 0.742 bits per heavy atom. The number of hydrogen-bond acceptors (Lipinski definition) is 3. The van der Waals surface area contributed by atoms with Gasteiger partial charge in [0.05, 0.1) is 26.1 Å². The SMILES string of the molecule is O=S(=O)(c1cc(C(F)(F)F)cc(C(F)(F)F)c1)N1CCN(c2ccc(Cl)c(Cl)c2)CC1. The van der Waals surface area contributed by atoms with Crippen molar-refractivity contribution in [1.29, 1.82) is 0 Å². The lowest BCUT2D eigenvalue weighted by molar-refractivity contribution is -0.143. The van der Waals surface area contributed by atoms with Gasteiger partial charge >= 0.3 is 12.4 Å². The van der Waals surface area contributed by atoms with Gasteiger partial charge in [0.25, 0.3) is 0 Å². The summed E-state index contributed by atoms with van der Waals surface area (Å²) in [5.41, 5.74) is -2.71. The normalized spacial score (nSPS) is 16.6. The Morgan fingerprint density at radius 2 is 1.26 bits per heavy atom. The number of nitrogens with zero attached hydrogens (tertiary/aromatic N) is 2. The molecule has 0 N–H and O–H groups in total. The fourth-order valence-corrected chi connectivity index (χ4v) is 4.88. The largest absolute Gasteiger partial charge is 0.416 e. The first-order chi connectivity index (χ1) is 14.2. The molecule has 2 aromatic carbocycles. The van der Waals surface area contributed by atoms with E-state index in [2.05, 4.69) is 0 Å². The minimum Gasteiger partial charge on any atom is -0.369 e. The molecule has 0 aliphatic carbocycles. The molecule has 170 valence electrons. The highest BCUT2D eigenvalue weighted by atomic mass is 35.5. The Bertz CT molecular complexity index is 1050. The van der Waals surface area contributed by atoms with Gasteiger partial charge < -0.3 is 4.90 Å². The van der Waals surface area contributed by atoms with E-state index < -0.39 is 38.4 Å². The summed E-state index contributed by atoms with van der Waals surface area (Å²) in [5, 5.41) is 0.620. The summed E-state index contributed by atoms with van der Waals surface area (Å²) >= 11 is 11.8. The number of halogens is 8. The monoisotopic (exact) mass is 506 g/mol. The number of hydrogen-bond donors (Lipinski definition) is 0. The van der Waals surface area contributed by atoms with Gasteiger partial charge in [0.1, 0.15) is 0 Å². The molecular formula is C18H14Cl2F6N2O2S. The molecule has 0 aromatic heterocycles. The lowest BCUT2D eigenvalue weighted by atomic mass is 10.1. The molecule has 0 unspecified atom stereocenters. The molecule has 0 amide bonds. The average Bonchev–Trinajstić information content (AvgIpc) is 2.68. The van der Waals surface area contributed by atoms with Crippen LogP contribution in [0, 0.1) is 0 Å². The zero-order valence-corrected chi connectivity index (χ0v) is 17.8. The van der Waals surface area contributed by atoms with Gasteiger partial charge in [-0.2, -0.15) is 30.6 Å². The van der Waals surface area contributed by atoms with Crippen LogP contribution >= 0.6 is 23.2 Å². The molecule has 4 nitrogen and oxygen atoms in total. The van der Waals surface area contributed by atoms with Crippen molar-refractivity contribution in [3.63, 3.8) is 0 Å². The van der Waals surface area contributed by atoms with Crippen LogP contribution < -0.4 is 4.90 Å². The lowest BCUT2D eigenvalue weighted by Gasteiger charge is -2.35. The van der Waals surface area contributed by atoms with Crippen molar-refractivity contribution in [2.24, 2.45) is 0 Å². The molecule has 1 saturated heterocycles. The van der Waals surface area contributed by atoms with E-state index in [0.717, 1.165) is 4.31 Å². The van der Waals surface area contributed by atoms with E-state index in [9.17, 15) is 34.8 Å². The van der Waals surface area contributed by atoms with Crippen LogP contribution in [-0.2, 0) is 22.4 Å². The summed E-state index contributed by atoms with van der Waals surface area (Å²) in [7, 11) is -4.59. The third-order valence-electron chi connectivity index (χ3n) is 4.71. The first-order valence-electron chi connectivity index (χ1n) is 8.69. The van der Waals surface area contributed by atoms with Crippen LogP contribution in [0.1, 0.15) is 11.1 Å². The fourth-order valence-electron chi connectivity index (χ4n) is 3.09. The van der Waals surface area contributed by atoms with Crippen LogP contribution in [0.2, 0.25) is 10.0 Å². The summed E-state index contributed by atoms with van der Waals surface area (Å²) in [6.45, 7) is 0.0327. The molecule has 2 aromatic rings. The molecule has 1 heterocycles. The Balaban J connectivity index is 1.88. The fraction of sp³-hybridized carbons (Fsp3) is 0.333. The van der Waals surface area contributed by atoms with E-state index in [-0.39, 0.29) is 49.4 Å². The first-order valence-corrected chi connectivity index (χ1v) is 10.9. The molecule has 0 saturated carbocycles. The molecule has 0 radical (unpaired) electrons. The van der Waals surface area contributed by atoms with Crippen LogP contribution in [0.25, 0.3) is 0 Å². The topological polar surface area (TPSA) is 40.6 Å². The quantitative estimate of drug-likeness (QED) is 0.513. The minimum atomic E-state index is -5.14. The highest BCUT2D eigenvalue weighted by Crippen LogP contribution is 2.38. The molecule has 1 aliphatic rings. The van der Waals surface area contributed by atoms with E-state index in [1.807, 2.05) is 0 Å². The summed E-state index contributed by atoms with van der Waals surface area (Å²) in [6, 6.07) is 5.13. The number of piperazine rings is 1. The van der Waals surface area contributed by atoms with E-state index in [1.54, 1.807) is 23.1 Å². The second-order valence-electron chi connectivity index (χ2n) is 6.73. The smallest absolute Gasteiger partial charge is 0.369 e. The van der Waals surface area contributed by atoms with Crippen LogP contribution in [-0.4, -0.2) is 38.9 Å². The van der Waals surface area contributed by atoms with E-state index >= 15 is 0 Å². The molecule has 0 atom stereocenters. The maximum atomic E-state index is 13.1. The highest BCUT2D eigenvalue weighted by Gasteiger charge is 2.39. The van der Waals surface area contributed by atoms with Crippen LogP contribution in [0.15, 0.2) is 41.3 Å². The van der Waals surface area contributed by atoms with Crippen molar-refractivity contribution >= 4 is 38.9 Å². The zero-order chi connectivity index (χ0) is 23.2. The van der Waals surface area contributed by atoms with Crippen molar-refractivity contribution in [2.45, 2.75) is 17.2 Å². The van der Waals surface area contributed by atoms with Crippen molar-refractivity contribution in [2.75, 3.05) is 31.1 Å². The van der Waals surface area contributed by atoms with E-state index in [0.29, 0.717) is 10.7 Å². The second-order valence-corrected chi connectivity index (χ2v) is 9.48. The summed E-state index contributed by atoms with van der Waals surface area (Å²) in [5.74, 6) is 0. The van der Waals surface area contributed by atoms with Gasteiger partial charge in [0.15, 0.2) is 0 Å². The molecule has 0 spiro atoms. The number of sulfonamides is 1. The van der Waals surface area contributed by atoms with Crippen LogP contribution in [0.3, 0.4) is 0 Å². The third kappa shape index (κ3) is 5.21. The van der Waals surface area contributed by atoms with E-state index in [4.69, 9.17) is 23.2 Å². The molecule has 0 bridgehead atoms. The number of anilines is 1. The Labute approximate surface area is 184 Å². The Morgan fingerprint density at radius 3 is 1.71 bits per heavy atom. The van der Waals surface area contributed by atoms with E-state index in [1.165, 1.54) is 0 Å². The first kappa shape index (κ1) is 24.0.